The summed E-state index contributed by atoms with van der Waals surface area (Å²) in [5.41, 5.74) is 0.980. The molecule has 1 aromatic carbocycles. The van der Waals surface area contributed by atoms with Crippen molar-refractivity contribution in [2.24, 2.45) is 0 Å². The molecule has 0 bridgehead atoms. The van der Waals surface area contributed by atoms with E-state index in [0.717, 1.165) is 12.0 Å². The largest absolute Gasteiger partial charge is 0.497 e. The number of sulfonamides is 1. The van der Waals surface area contributed by atoms with Crippen LogP contribution in [0.15, 0.2) is 39.9 Å². The molecule has 0 atom stereocenters. The van der Waals surface area contributed by atoms with Crippen LogP contribution in [0.5, 0.6) is 11.5 Å². The molecule has 1 aromatic heterocycles. The lowest BCUT2D eigenvalue weighted by Crippen LogP contribution is -2.31. The van der Waals surface area contributed by atoms with Crippen LogP contribution in [0.1, 0.15) is 18.9 Å². The monoisotopic (exact) mass is 355 g/mol. The molecule has 0 N–H and O–H groups in total. The second-order valence-electron chi connectivity index (χ2n) is 4.99. The molecule has 7 heteroatoms. The first-order valence-electron chi connectivity index (χ1n) is 7.26. The molecule has 1 heterocycles. The van der Waals surface area contributed by atoms with Gasteiger partial charge in [0.1, 0.15) is 16.4 Å². The van der Waals surface area contributed by atoms with Gasteiger partial charge >= 0.3 is 0 Å². The van der Waals surface area contributed by atoms with Crippen LogP contribution in [0.2, 0.25) is 0 Å². The van der Waals surface area contributed by atoms with Crippen molar-refractivity contribution in [3.63, 3.8) is 0 Å². The average Bonchev–Trinajstić information content (AvgIpc) is 3.07. The van der Waals surface area contributed by atoms with Crippen LogP contribution in [0.4, 0.5) is 0 Å². The summed E-state index contributed by atoms with van der Waals surface area (Å²) in [5.74, 6) is 0.800. The maximum atomic E-state index is 13.1. The van der Waals surface area contributed by atoms with E-state index in [4.69, 9.17) is 9.47 Å². The lowest BCUT2D eigenvalue weighted by molar-refractivity contribution is 0.379. The molecule has 0 saturated heterocycles. The molecular weight excluding hydrogens is 334 g/mol. The fourth-order valence-corrected chi connectivity index (χ4v) is 4.60. The van der Waals surface area contributed by atoms with Gasteiger partial charge in [0.2, 0.25) is 10.0 Å². The van der Waals surface area contributed by atoms with Crippen LogP contribution in [0.3, 0.4) is 0 Å². The molecule has 0 unspecified atom stereocenters. The van der Waals surface area contributed by atoms with Gasteiger partial charge < -0.3 is 9.47 Å². The minimum absolute atomic E-state index is 0.128. The summed E-state index contributed by atoms with van der Waals surface area (Å²) in [5, 5.41) is 3.90. The number of rotatable bonds is 8. The van der Waals surface area contributed by atoms with E-state index in [1.807, 2.05) is 23.8 Å². The van der Waals surface area contributed by atoms with Crippen LogP contribution >= 0.6 is 11.3 Å². The van der Waals surface area contributed by atoms with Crippen molar-refractivity contribution in [3.8, 4) is 11.5 Å². The summed E-state index contributed by atoms with van der Waals surface area (Å²) in [4.78, 5) is 0.128. The number of methoxy groups -OCH3 is 2. The van der Waals surface area contributed by atoms with Crippen LogP contribution in [-0.2, 0) is 16.6 Å². The van der Waals surface area contributed by atoms with Crippen LogP contribution in [-0.4, -0.2) is 33.5 Å². The van der Waals surface area contributed by atoms with Gasteiger partial charge in [-0.15, -0.1) is 0 Å². The second-order valence-corrected chi connectivity index (χ2v) is 7.67. The topological polar surface area (TPSA) is 55.8 Å². The van der Waals surface area contributed by atoms with Gasteiger partial charge in [-0.25, -0.2) is 8.42 Å². The summed E-state index contributed by atoms with van der Waals surface area (Å²) >= 11 is 1.55. The Morgan fingerprint density at radius 1 is 1.17 bits per heavy atom. The Balaban J connectivity index is 2.44. The lowest BCUT2D eigenvalue weighted by Gasteiger charge is -2.22. The van der Waals surface area contributed by atoms with Crippen molar-refractivity contribution in [2.45, 2.75) is 24.8 Å². The predicted molar refractivity (Wildman–Crippen MR) is 91.8 cm³/mol. The van der Waals surface area contributed by atoms with E-state index in [1.54, 1.807) is 23.5 Å². The number of benzene rings is 1. The second kappa shape index (κ2) is 7.81. The SMILES string of the molecule is CCCN(Cc1ccsc1)S(=O)(=O)c1cc(OC)ccc1OC. The van der Waals surface area contributed by atoms with Crippen molar-refractivity contribution in [1.29, 1.82) is 0 Å². The standard InChI is InChI=1S/C16H21NO4S2/c1-4-8-17(11-13-7-9-22-12-13)23(18,19)16-10-14(20-2)5-6-15(16)21-3/h5-7,9-10,12H,4,8,11H2,1-3H3. The molecule has 0 aliphatic heterocycles. The van der Waals surface area contributed by atoms with Gasteiger partial charge in [-0.05, 0) is 40.9 Å². The number of ether oxygens (including phenoxy) is 2. The molecule has 0 saturated carbocycles. The summed E-state index contributed by atoms with van der Waals surface area (Å²) in [6.45, 7) is 2.75. The predicted octanol–water partition coefficient (Wildman–Crippen LogP) is 3.37. The summed E-state index contributed by atoms with van der Waals surface area (Å²) in [6, 6.07) is 6.73. The molecule has 0 spiro atoms. The number of hydrogen-bond acceptors (Lipinski definition) is 5. The third-order valence-corrected chi connectivity index (χ3v) is 6.00. The molecule has 0 amide bonds. The van der Waals surface area contributed by atoms with E-state index in [-0.39, 0.29) is 4.90 Å². The first-order chi connectivity index (χ1) is 11.0. The summed E-state index contributed by atoms with van der Waals surface area (Å²) in [6.07, 6.45) is 0.732. The Kier molecular flexibility index (Phi) is 6.04. The van der Waals surface area contributed by atoms with Gasteiger partial charge in [0.15, 0.2) is 0 Å². The van der Waals surface area contributed by atoms with E-state index in [1.165, 1.54) is 24.6 Å². The molecule has 5 nitrogen and oxygen atoms in total. The summed E-state index contributed by atoms with van der Waals surface area (Å²) in [7, 11) is -0.712. The third kappa shape index (κ3) is 4.04. The first kappa shape index (κ1) is 17.8. The summed E-state index contributed by atoms with van der Waals surface area (Å²) < 4.78 is 38.1. The third-order valence-electron chi connectivity index (χ3n) is 3.40. The molecule has 0 fully saturated rings. The number of nitrogens with zero attached hydrogens (tertiary/aromatic N) is 1. The molecule has 2 rings (SSSR count). The van der Waals surface area contributed by atoms with Crippen LogP contribution in [0.25, 0.3) is 0 Å². The zero-order chi connectivity index (χ0) is 16.9. The van der Waals surface area contributed by atoms with E-state index in [0.29, 0.717) is 24.6 Å². The highest BCUT2D eigenvalue weighted by Gasteiger charge is 2.28. The highest BCUT2D eigenvalue weighted by atomic mass is 32.2. The average molecular weight is 355 g/mol. The highest BCUT2D eigenvalue weighted by Crippen LogP contribution is 2.31. The van der Waals surface area contributed by atoms with Crippen molar-refractivity contribution in [1.82, 2.24) is 4.31 Å². The normalized spacial score (nSPS) is 11.7. The van der Waals surface area contributed by atoms with Gasteiger partial charge in [-0.1, -0.05) is 6.92 Å². The van der Waals surface area contributed by atoms with E-state index in [2.05, 4.69) is 0 Å². The van der Waals surface area contributed by atoms with Gasteiger partial charge in [-0.3, -0.25) is 0 Å². The Hall–Kier alpha value is -1.57. The van der Waals surface area contributed by atoms with E-state index in [9.17, 15) is 8.42 Å². The molecule has 2 aromatic rings. The molecule has 126 valence electrons. The molecular formula is C16H21NO4S2. The molecule has 0 radical (unpaired) electrons. The Morgan fingerprint density at radius 3 is 2.52 bits per heavy atom. The smallest absolute Gasteiger partial charge is 0.247 e. The first-order valence-corrected chi connectivity index (χ1v) is 9.64. The van der Waals surface area contributed by atoms with Crippen LogP contribution < -0.4 is 9.47 Å². The zero-order valence-electron chi connectivity index (χ0n) is 13.5. The Morgan fingerprint density at radius 2 is 1.96 bits per heavy atom. The van der Waals surface area contributed by atoms with E-state index >= 15 is 0 Å². The number of hydrogen-bond donors (Lipinski definition) is 0. The van der Waals surface area contributed by atoms with E-state index < -0.39 is 10.0 Å². The highest BCUT2D eigenvalue weighted by molar-refractivity contribution is 7.89. The fourth-order valence-electron chi connectivity index (χ4n) is 2.24. The molecule has 23 heavy (non-hydrogen) atoms. The Labute approximate surface area is 141 Å². The van der Waals surface area contributed by atoms with Crippen molar-refractivity contribution in [3.05, 3.63) is 40.6 Å². The van der Waals surface area contributed by atoms with Crippen molar-refractivity contribution >= 4 is 21.4 Å². The lowest BCUT2D eigenvalue weighted by atomic mass is 10.3. The zero-order valence-corrected chi connectivity index (χ0v) is 15.1. The minimum atomic E-state index is -3.68. The van der Waals surface area contributed by atoms with Gasteiger partial charge in [0.05, 0.1) is 14.2 Å². The Bertz CT molecular complexity index is 727. The van der Waals surface area contributed by atoms with Gasteiger partial charge in [0.25, 0.3) is 0 Å². The van der Waals surface area contributed by atoms with Crippen molar-refractivity contribution in [2.75, 3.05) is 20.8 Å². The molecule has 0 aliphatic rings. The maximum Gasteiger partial charge on any atom is 0.247 e. The van der Waals surface area contributed by atoms with Crippen LogP contribution in [0, 0.1) is 0 Å². The molecule has 0 aliphatic carbocycles. The maximum absolute atomic E-state index is 13.1. The van der Waals surface area contributed by atoms with Crippen molar-refractivity contribution < 1.29 is 17.9 Å². The minimum Gasteiger partial charge on any atom is -0.497 e. The van der Waals surface area contributed by atoms with Gasteiger partial charge in [0, 0.05) is 19.2 Å². The number of thiophene rings is 1. The van der Waals surface area contributed by atoms with Gasteiger partial charge in [-0.2, -0.15) is 15.6 Å². The quantitative estimate of drug-likeness (QED) is 0.728. The fraction of sp³-hybridized carbons (Fsp3) is 0.375.